The fraction of sp³-hybridized carbons (Fsp3) is 0.600. The fourth-order valence-corrected chi connectivity index (χ4v) is 3.25. The van der Waals surface area contributed by atoms with Crippen LogP contribution in [-0.4, -0.2) is 42.0 Å². The van der Waals surface area contributed by atoms with Crippen molar-refractivity contribution in [3.63, 3.8) is 0 Å². The summed E-state index contributed by atoms with van der Waals surface area (Å²) in [5, 5.41) is 0. The van der Waals surface area contributed by atoms with Crippen molar-refractivity contribution in [3.05, 3.63) is 35.4 Å². The minimum absolute atomic E-state index is 0.425. The Kier molecular flexibility index (Phi) is 3.80. The molecule has 3 rings (SSSR count). The van der Waals surface area contributed by atoms with Crippen LogP contribution in [0.5, 0.6) is 0 Å². The first-order chi connectivity index (χ1) is 9.22. The molecule has 2 nitrogen and oxygen atoms in total. The van der Waals surface area contributed by atoms with Gasteiger partial charge in [0.1, 0.15) is 11.6 Å². The average molecular weight is 266 g/mol. The first-order valence-corrected chi connectivity index (χ1v) is 7.13. The van der Waals surface area contributed by atoms with Crippen LogP contribution in [0.25, 0.3) is 0 Å². The predicted octanol–water partition coefficient (Wildman–Crippen LogP) is 2.63. The number of hydrogen-bond acceptors (Lipinski definition) is 2. The third kappa shape index (κ3) is 2.95. The van der Waals surface area contributed by atoms with Gasteiger partial charge in [0.25, 0.3) is 0 Å². The highest BCUT2D eigenvalue weighted by molar-refractivity contribution is 5.18. The van der Waals surface area contributed by atoms with Gasteiger partial charge in [-0.2, -0.15) is 0 Å². The monoisotopic (exact) mass is 266 g/mol. The molecule has 1 aromatic rings. The van der Waals surface area contributed by atoms with Crippen LogP contribution in [0, 0.1) is 11.6 Å². The molecule has 0 N–H and O–H groups in total. The summed E-state index contributed by atoms with van der Waals surface area (Å²) in [6.45, 7) is 4.87. The number of piperidine rings is 1. The smallest absolute Gasteiger partial charge is 0.130 e. The van der Waals surface area contributed by atoms with Gasteiger partial charge in [-0.05, 0) is 25.5 Å². The van der Waals surface area contributed by atoms with Gasteiger partial charge in [-0.15, -0.1) is 0 Å². The Bertz CT molecular complexity index is 450. The van der Waals surface area contributed by atoms with E-state index < -0.39 is 11.6 Å². The molecule has 2 saturated heterocycles. The zero-order valence-electron chi connectivity index (χ0n) is 11.1. The summed E-state index contributed by atoms with van der Waals surface area (Å²) in [4.78, 5) is 4.85. The van der Waals surface area contributed by atoms with Crippen LogP contribution >= 0.6 is 0 Å². The maximum absolute atomic E-state index is 13.7. The zero-order valence-corrected chi connectivity index (χ0v) is 11.1. The van der Waals surface area contributed by atoms with Gasteiger partial charge >= 0.3 is 0 Å². The minimum atomic E-state index is -0.502. The molecule has 1 aromatic carbocycles. The molecule has 19 heavy (non-hydrogen) atoms. The van der Waals surface area contributed by atoms with Gasteiger partial charge in [0.15, 0.2) is 0 Å². The van der Waals surface area contributed by atoms with Crippen molar-refractivity contribution in [2.45, 2.75) is 31.8 Å². The van der Waals surface area contributed by atoms with E-state index in [1.165, 1.54) is 31.9 Å². The van der Waals surface area contributed by atoms with Crippen LogP contribution < -0.4 is 0 Å². The molecule has 2 aliphatic heterocycles. The zero-order chi connectivity index (χ0) is 13.2. The summed E-state index contributed by atoms with van der Waals surface area (Å²) in [6.07, 6.45) is 3.87. The maximum Gasteiger partial charge on any atom is 0.130 e. The second kappa shape index (κ2) is 5.55. The molecule has 0 aromatic heterocycles. The largest absolute Gasteiger partial charge is 0.298 e. The Morgan fingerprint density at radius 2 is 2.00 bits per heavy atom. The van der Waals surface area contributed by atoms with Gasteiger partial charge < -0.3 is 0 Å². The van der Waals surface area contributed by atoms with E-state index in [-0.39, 0.29) is 0 Å². The van der Waals surface area contributed by atoms with E-state index in [1.807, 2.05) is 0 Å². The Hall–Kier alpha value is -1.00. The standard InChI is InChI=1S/C15H20F2N2/c16-13-5-4-12(15(17)9-13)10-18-7-8-19-6-2-1-3-14(19)11-18/h4-5,9,14H,1-3,6-8,10-11H2. The first kappa shape index (κ1) is 13.0. The van der Waals surface area contributed by atoms with Gasteiger partial charge in [0.2, 0.25) is 0 Å². The molecule has 2 heterocycles. The van der Waals surface area contributed by atoms with E-state index in [0.29, 0.717) is 18.2 Å². The van der Waals surface area contributed by atoms with Crippen molar-refractivity contribution in [2.24, 2.45) is 0 Å². The lowest BCUT2D eigenvalue weighted by molar-refractivity contribution is 0.0452. The molecule has 104 valence electrons. The van der Waals surface area contributed by atoms with E-state index in [0.717, 1.165) is 25.7 Å². The van der Waals surface area contributed by atoms with Crippen LogP contribution in [0.4, 0.5) is 8.78 Å². The van der Waals surface area contributed by atoms with E-state index in [2.05, 4.69) is 9.80 Å². The summed E-state index contributed by atoms with van der Waals surface area (Å²) in [5.74, 6) is -0.926. The van der Waals surface area contributed by atoms with Crippen molar-refractivity contribution in [3.8, 4) is 0 Å². The molecule has 0 saturated carbocycles. The molecule has 2 aliphatic rings. The highest BCUT2D eigenvalue weighted by Crippen LogP contribution is 2.22. The fourth-order valence-electron chi connectivity index (χ4n) is 3.25. The van der Waals surface area contributed by atoms with E-state index in [1.54, 1.807) is 6.07 Å². The number of rotatable bonds is 2. The SMILES string of the molecule is Fc1ccc(CN2CCN3CCCCC3C2)c(F)c1. The number of benzene rings is 1. The highest BCUT2D eigenvalue weighted by Gasteiger charge is 2.28. The normalized spacial score (nSPS) is 25.3. The summed E-state index contributed by atoms with van der Waals surface area (Å²) < 4.78 is 26.5. The van der Waals surface area contributed by atoms with Gasteiger partial charge in [0, 0.05) is 43.9 Å². The Balaban J connectivity index is 1.64. The molecule has 0 aliphatic carbocycles. The van der Waals surface area contributed by atoms with Crippen molar-refractivity contribution in [2.75, 3.05) is 26.2 Å². The quantitative estimate of drug-likeness (QED) is 0.812. The third-order valence-electron chi connectivity index (χ3n) is 4.33. The molecule has 1 atom stereocenters. The van der Waals surface area contributed by atoms with E-state index >= 15 is 0 Å². The topological polar surface area (TPSA) is 6.48 Å². The van der Waals surface area contributed by atoms with Gasteiger partial charge in [-0.25, -0.2) is 8.78 Å². The molecule has 0 spiro atoms. The van der Waals surface area contributed by atoms with Crippen LogP contribution in [0.15, 0.2) is 18.2 Å². The van der Waals surface area contributed by atoms with Crippen LogP contribution in [0.3, 0.4) is 0 Å². The third-order valence-corrected chi connectivity index (χ3v) is 4.33. The predicted molar refractivity (Wildman–Crippen MR) is 70.8 cm³/mol. The average Bonchev–Trinajstić information content (AvgIpc) is 2.42. The summed E-state index contributed by atoms with van der Waals surface area (Å²) >= 11 is 0. The van der Waals surface area contributed by atoms with Crippen molar-refractivity contribution in [1.29, 1.82) is 0 Å². The van der Waals surface area contributed by atoms with Crippen LogP contribution in [-0.2, 0) is 6.54 Å². The summed E-state index contributed by atoms with van der Waals surface area (Å²) in [5.41, 5.74) is 0.602. The van der Waals surface area contributed by atoms with Gasteiger partial charge in [-0.1, -0.05) is 12.5 Å². The first-order valence-electron chi connectivity index (χ1n) is 7.13. The molecule has 4 heteroatoms. The van der Waals surface area contributed by atoms with Crippen molar-refractivity contribution in [1.82, 2.24) is 9.80 Å². The molecule has 0 bridgehead atoms. The highest BCUT2D eigenvalue weighted by atomic mass is 19.1. The number of halogens is 2. The minimum Gasteiger partial charge on any atom is -0.298 e. The van der Waals surface area contributed by atoms with Crippen molar-refractivity contribution >= 4 is 0 Å². The summed E-state index contributed by atoms with van der Waals surface area (Å²) in [6, 6.07) is 4.52. The molecule has 2 fully saturated rings. The van der Waals surface area contributed by atoms with E-state index in [4.69, 9.17) is 0 Å². The molecular weight excluding hydrogens is 246 g/mol. The number of fused-ring (bicyclic) bond motifs is 1. The number of piperazine rings is 1. The van der Waals surface area contributed by atoms with Gasteiger partial charge in [-0.3, -0.25) is 9.80 Å². The maximum atomic E-state index is 13.7. The second-order valence-corrected chi connectivity index (χ2v) is 5.66. The lowest BCUT2D eigenvalue weighted by atomic mass is 9.99. The molecule has 1 unspecified atom stereocenters. The van der Waals surface area contributed by atoms with Crippen LogP contribution in [0.2, 0.25) is 0 Å². The number of hydrogen-bond donors (Lipinski definition) is 0. The Morgan fingerprint density at radius 3 is 2.84 bits per heavy atom. The van der Waals surface area contributed by atoms with Crippen LogP contribution in [0.1, 0.15) is 24.8 Å². The van der Waals surface area contributed by atoms with E-state index in [9.17, 15) is 8.78 Å². The number of nitrogens with zero attached hydrogens (tertiary/aromatic N) is 2. The van der Waals surface area contributed by atoms with Crippen molar-refractivity contribution < 1.29 is 8.78 Å². The second-order valence-electron chi connectivity index (χ2n) is 5.66. The Labute approximate surface area is 113 Å². The summed E-state index contributed by atoms with van der Waals surface area (Å²) in [7, 11) is 0. The molecule has 0 amide bonds. The molecular formula is C15H20F2N2. The molecule has 0 radical (unpaired) electrons. The Morgan fingerprint density at radius 1 is 1.11 bits per heavy atom. The lowest BCUT2D eigenvalue weighted by Crippen LogP contribution is -2.54. The van der Waals surface area contributed by atoms with Gasteiger partial charge in [0.05, 0.1) is 0 Å². The lowest BCUT2D eigenvalue weighted by Gasteiger charge is -2.44.